The Balaban J connectivity index is 2.19. The maximum absolute atomic E-state index is 4.24. The molecule has 0 aliphatic heterocycles. The van der Waals surface area contributed by atoms with Crippen molar-refractivity contribution in [3.05, 3.63) is 43.1 Å². The predicted octanol–water partition coefficient (Wildman–Crippen LogP) is 1.86. The Morgan fingerprint density at radius 3 is 2.75 bits per heavy atom. The van der Waals surface area contributed by atoms with E-state index in [-0.39, 0.29) is 0 Å². The van der Waals surface area contributed by atoms with Gasteiger partial charge in [0.15, 0.2) is 0 Å². The standard InChI is InChI=1S/C11H9N5/c1-3-12-7-9(10-2-4-15-16-10)8(1)11-13-5-6-14-11/h1-7H,(H,13,14)(H,15,16). The van der Waals surface area contributed by atoms with Crippen LogP contribution in [0, 0.1) is 0 Å². The molecule has 0 saturated heterocycles. The fourth-order valence-corrected chi connectivity index (χ4v) is 1.63. The highest BCUT2D eigenvalue weighted by molar-refractivity contribution is 5.77. The summed E-state index contributed by atoms with van der Waals surface area (Å²) in [5, 5.41) is 6.86. The molecule has 5 heteroatoms. The smallest absolute Gasteiger partial charge is 0.138 e. The number of imidazole rings is 1. The number of H-pyrrole nitrogens is 2. The molecule has 0 amide bonds. The van der Waals surface area contributed by atoms with E-state index in [0.29, 0.717) is 0 Å². The highest BCUT2D eigenvalue weighted by Gasteiger charge is 2.09. The van der Waals surface area contributed by atoms with Crippen molar-refractivity contribution in [1.29, 1.82) is 0 Å². The molecule has 0 spiro atoms. The van der Waals surface area contributed by atoms with Crippen LogP contribution in [0.5, 0.6) is 0 Å². The zero-order valence-electron chi connectivity index (χ0n) is 8.38. The average molecular weight is 211 g/mol. The first-order chi connectivity index (χ1) is 7.95. The van der Waals surface area contributed by atoms with Gasteiger partial charge in [0.05, 0.1) is 5.69 Å². The van der Waals surface area contributed by atoms with E-state index in [1.165, 1.54) is 0 Å². The van der Waals surface area contributed by atoms with Gasteiger partial charge in [-0.15, -0.1) is 0 Å². The minimum atomic E-state index is 0.826. The minimum absolute atomic E-state index is 0.826. The molecule has 3 aromatic rings. The first-order valence-corrected chi connectivity index (χ1v) is 4.88. The molecule has 78 valence electrons. The predicted molar refractivity (Wildman–Crippen MR) is 59.4 cm³/mol. The van der Waals surface area contributed by atoms with Crippen LogP contribution in [0.2, 0.25) is 0 Å². The van der Waals surface area contributed by atoms with Gasteiger partial charge in [-0.2, -0.15) is 5.10 Å². The van der Waals surface area contributed by atoms with E-state index in [4.69, 9.17) is 0 Å². The van der Waals surface area contributed by atoms with Crippen LogP contribution in [0.25, 0.3) is 22.6 Å². The lowest BCUT2D eigenvalue weighted by Crippen LogP contribution is -1.88. The summed E-state index contributed by atoms with van der Waals surface area (Å²) < 4.78 is 0. The minimum Gasteiger partial charge on any atom is -0.345 e. The molecule has 5 nitrogen and oxygen atoms in total. The first kappa shape index (κ1) is 8.84. The molecule has 0 atom stereocenters. The molecular weight excluding hydrogens is 202 g/mol. The van der Waals surface area contributed by atoms with Crippen molar-refractivity contribution in [3.8, 4) is 22.6 Å². The van der Waals surface area contributed by atoms with Crippen LogP contribution in [-0.2, 0) is 0 Å². The highest BCUT2D eigenvalue weighted by Crippen LogP contribution is 2.27. The number of pyridine rings is 1. The van der Waals surface area contributed by atoms with Gasteiger partial charge < -0.3 is 4.98 Å². The van der Waals surface area contributed by atoms with Gasteiger partial charge in [0.1, 0.15) is 5.82 Å². The zero-order valence-corrected chi connectivity index (χ0v) is 8.38. The van der Waals surface area contributed by atoms with Crippen LogP contribution in [0.3, 0.4) is 0 Å². The molecule has 0 unspecified atom stereocenters. The van der Waals surface area contributed by atoms with Crippen LogP contribution in [0.1, 0.15) is 0 Å². The van der Waals surface area contributed by atoms with Gasteiger partial charge in [-0.1, -0.05) is 0 Å². The molecule has 3 heterocycles. The van der Waals surface area contributed by atoms with Crippen molar-refractivity contribution in [1.82, 2.24) is 25.1 Å². The largest absolute Gasteiger partial charge is 0.345 e. The number of hydrogen-bond acceptors (Lipinski definition) is 3. The van der Waals surface area contributed by atoms with Gasteiger partial charge >= 0.3 is 0 Å². The Kier molecular flexibility index (Phi) is 2.00. The Morgan fingerprint density at radius 1 is 1.00 bits per heavy atom. The maximum atomic E-state index is 4.24. The quantitative estimate of drug-likeness (QED) is 0.679. The summed E-state index contributed by atoms with van der Waals surface area (Å²) >= 11 is 0. The van der Waals surface area contributed by atoms with Crippen LogP contribution >= 0.6 is 0 Å². The second-order valence-corrected chi connectivity index (χ2v) is 3.33. The van der Waals surface area contributed by atoms with E-state index in [0.717, 1.165) is 22.6 Å². The molecule has 0 radical (unpaired) electrons. The molecule has 3 aromatic heterocycles. The summed E-state index contributed by atoms with van der Waals surface area (Å²) in [6.45, 7) is 0. The number of aromatic nitrogens is 5. The molecule has 0 aliphatic rings. The third-order valence-corrected chi connectivity index (χ3v) is 2.37. The topological polar surface area (TPSA) is 70.2 Å². The Labute approximate surface area is 91.6 Å². The molecule has 0 bridgehead atoms. The second kappa shape index (κ2) is 3.62. The molecule has 0 fully saturated rings. The molecule has 3 rings (SSSR count). The van der Waals surface area contributed by atoms with Crippen LogP contribution in [0.4, 0.5) is 0 Å². The van der Waals surface area contributed by atoms with Crippen LogP contribution in [0.15, 0.2) is 43.1 Å². The van der Waals surface area contributed by atoms with Gasteiger partial charge in [0.2, 0.25) is 0 Å². The van der Waals surface area contributed by atoms with E-state index in [2.05, 4.69) is 25.1 Å². The monoisotopic (exact) mass is 211 g/mol. The van der Waals surface area contributed by atoms with Crippen LogP contribution in [-0.4, -0.2) is 25.1 Å². The molecule has 0 aliphatic carbocycles. The highest BCUT2D eigenvalue weighted by atomic mass is 15.1. The summed E-state index contributed by atoms with van der Waals surface area (Å²) in [6, 6.07) is 3.83. The number of nitrogens with one attached hydrogen (secondary N) is 2. The van der Waals surface area contributed by atoms with Gasteiger partial charge in [-0.3, -0.25) is 10.1 Å². The van der Waals surface area contributed by atoms with E-state index in [9.17, 15) is 0 Å². The molecule has 0 saturated carbocycles. The van der Waals surface area contributed by atoms with E-state index >= 15 is 0 Å². The fourth-order valence-electron chi connectivity index (χ4n) is 1.63. The maximum Gasteiger partial charge on any atom is 0.138 e. The summed E-state index contributed by atoms with van der Waals surface area (Å²) in [6.07, 6.45) is 8.79. The number of hydrogen-bond donors (Lipinski definition) is 2. The lowest BCUT2D eigenvalue weighted by molar-refractivity contribution is 1.09. The van der Waals surface area contributed by atoms with Gasteiger partial charge in [0.25, 0.3) is 0 Å². The van der Waals surface area contributed by atoms with E-state index < -0.39 is 0 Å². The van der Waals surface area contributed by atoms with Crippen molar-refractivity contribution in [2.24, 2.45) is 0 Å². The molecule has 16 heavy (non-hydrogen) atoms. The first-order valence-electron chi connectivity index (χ1n) is 4.88. The lowest BCUT2D eigenvalue weighted by atomic mass is 10.1. The van der Waals surface area contributed by atoms with E-state index in [1.54, 1.807) is 31.0 Å². The lowest BCUT2D eigenvalue weighted by Gasteiger charge is -2.03. The summed E-state index contributed by atoms with van der Waals surface area (Å²) in [4.78, 5) is 11.4. The second-order valence-electron chi connectivity index (χ2n) is 3.33. The SMILES string of the molecule is c1cc(-c2ncc[nH]2)c(-c2ccn[nH]2)cn1. The van der Waals surface area contributed by atoms with Crippen molar-refractivity contribution in [2.45, 2.75) is 0 Å². The summed E-state index contributed by atoms with van der Waals surface area (Å²) in [5.74, 6) is 0.826. The number of aromatic amines is 2. The Bertz CT molecular complexity index is 515. The molecular formula is C11H9N5. The average Bonchev–Trinajstić information content (AvgIpc) is 3.03. The third kappa shape index (κ3) is 1.38. The Morgan fingerprint density at radius 2 is 2.00 bits per heavy atom. The van der Waals surface area contributed by atoms with Crippen LogP contribution < -0.4 is 0 Å². The van der Waals surface area contributed by atoms with Crippen molar-refractivity contribution in [2.75, 3.05) is 0 Å². The third-order valence-electron chi connectivity index (χ3n) is 2.37. The summed E-state index contributed by atoms with van der Waals surface area (Å²) in [5.41, 5.74) is 2.92. The van der Waals surface area contributed by atoms with Gasteiger partial charge in [-0.05, 0) is 12.1 Å². The number of rotatable bonds is 2. The molecule has 0 aromatic carbocycles. The molecule has 2 N–H and O–H groups in total. The van der Waals surface area contributed by atoms with E-state index in [1.807, 2.05) is 12.1 Å². The van der Waals surface area contributed by atoms with Gasteiger partial charge in [-0.25, -0.2) is 4.98 Å². The van der Waals surface area contributed by atoms with Crippen molar-refractivity contribution < 1.29 is 0 Å². The fraction of sp³-hybridized carbons (Fsp3) is 0. The summed E-state index contributed by atoms with van der Waals surface area (Å²) in [7, 11) is 0. The number of nitrogens with zero attached hydrogens (tertiary/aromatic N) is 3. The van der Waals surface area contributed by atoms with Gasteiger partial charge in [0, 0.05) is 42.1 Å². The Hall–Kier alpha value is -2.43. The zero-order chi connectivity index (χ0) is 10.8. The van der Waals surface area contributed by atoms with Crippen molar-refractivity contribution in [3.63, 3.8) is 0 Å². The van der Waals surface area contributed by atoms with Crippen molar-refractivity contribution >= 4 is 0 Å². The normalized spacial score (nSPS) is 10.5.